The van der Waals surface area contributed by atoms with E-state index in [1.807, 2.05) is 73.7 Å². The first-order valence-electron chi connectivity index (χ1n) is 22.1. The van der Waals surface area contributed by atoms with Crippen molar-refractivity contribution in [3.8, 4) is 17.6 Å². The highest BCUT2D eigenvalue weighted by Crippen LogP contribution is 2.68. The second kappa shape index (κ2) is 24.8. The highest BCUT2D eigenvalue weighted by Gasteiger charge is 2.47. The fraction of sp³-hybridized carbons (Fsp3) is 0.360. The van der Waals surface area contributed by atoms with Crippen molar-refractivity contribution < 1.29 is 57.9 Å². The van der Waals surface area contributed by atoms with Gasteiger partial charge in [-0.1, -0.05) is 154 Å². The van der Waals surface area contributed by atoms with Crippen LogP contribution in [0.2, 0.25) is 0 Å². The zero-order valence-electron chi connectivity index (χ0n) is 38.6. The summed E-state index contributed by atoms with van der Waals surface area (Å²) in [5.74, 6) is -2.90. The summed E-state index contributed by atoms with van der Waals surface area (Å²) in [6.45, 7) is 12.8. The maximum absolute atomic E-state index is 14.7. The summed E-state index contributed by atoms with van der Waals surface area (Å²) in [6.07, 6.45) is 0.918. The summed E-state index contributed by atoms with van der Waals surface area (Å²) in [5, 5.41) is 35.3. The van der Waals surface area contributed by atoms with E-state index in [9.17, 15) is 39.4 Å². The molecular formula is C50H53N3O12S4. The van der Waals surface area contributed by atoms with Crippen LogP contribution in [0, 0.1) is 17.2 Å². The monoisotopic (exact) mass is 1020 g/mol. The Morgan fingerprint density at radius 1 is 0.667 bits per heavy atom. The number of benzene rings is 3. The molecule has 0 aliphatic carbocycles. The van der Waals surface area contributed by atoms with Gasteiger partial charge in [0.1, 0.15) is 61.8 Å². The van der Waals surface area contributed by atoms with Crippen LogP contribution in [-0.4, -0.2) is 95.2 Å². The van der Waals surface area contributed by atoms with Gasteiger partial charge in [-0.15, -0.1) is 0 Å². The largest absolute Gasteiger partial charge is 0.488 e. The molecule has 0 bridgehead atoms. The van der Waals surface area contributed by atoms with Gasteiger partial charge in [0.05, 0.1) is 47.8 Å². The number of ether oxygens (including phenoxy) is 5. The molecular weight excluding hydrogens is 963 g/mol. The fourth-order valence-electron chi connectivity index (χ4n) is 6.82. The number of hydrogen-bond donors (Lipinski definition) is 2. The SMILES string of the molecule is C=C(C)C(=O)OCC(O)COc1c2c(c(OCC(O)COC(=O)C(=C)C)c3c1SC(=C1C(=O)N(Cc4ccccc4)N(Cc4ccccc4)C1=O)S3)SC(=C(C#N)C(=O)OCC(CC)CCCC)S2. The molecule has 3 aliphatic heterocycles. The van der Waals surface area contributed by atoms with Crippen molar-refractivity contribution in [1.82, 2.24) is 10.0 Å². The predicted molar refractivity (Wildman–Crippen MR) is 262 cm³/mol. The summed E-state index contributed by atoms with van der Waals surface area (Å²) in [6, 6.07) is 20.6. The van der Waals surface area contributed by atoms with Crippen molar-refractivity contribution in [2.24, 2.45) is 5.92 Å². The Bertz CT molecular complexity index is 2440. The minimum Gasteiger partial charge on any atom is -0.488 e. The van der Waals surface area contributed by atoms with Crippen LogP contribution >= 0.6 is 47.0 Å². The van der Waals surface area contributed by atoms with Crippen molar-refractivity contribution >= 4 is 76.8 Å². The minimum absolute atomic E-state index is 0.0971. The normalized spacial score (nSPS) is 15.2. The number of hydrogen-bond acceptors (Lipinski definition) is 17. The van der Waals surface area contributed by atoms with Crippen LogP contribution in [0.4, 0.5) is 0 Å². The van der Waals surface area contributed by atoms with E-state index in [-0.39, 0.29) is 63.6 Å². The van der Waals surface area contributed by atoms with Crippen molar-refractivity contribution in [1.29, 1.82) is 5.26 Å². The molecule has 3 unspecified atom stereocenters. The third-order valence-electron chi connectivity index (χ3n) is 10.6. The van der Waals surface area contributed by atoms with E-state index in [2.05, 4.69) is 20.1 Å². The van der Waals surface area contributed by atoms with E-state index >= 15 is 0 Å². The lowest BCUT2D eigenvalue weighted by Crippen LogP contribution is -2.39. The zero-order valence-corrected chi connectivity index (χ0v) is 41.9. The van der Waals surface area contributed by atoms with E-state index < -0.39 is 68.4 Å². The van der Waals surface area contributed by atoms with Crippen molar-refractivity contribution in [3.63, 3.8) is 0 Å². The molecule has 3 atom stereocenters. The first kappa shape index (κ1) is 52.7. The Morgan fingerprint density at radius 3 is 1.51 bits per heavy atom. The Labute approximate surface area is 418 Å². The quantitative estimate of drug-likeness (QED) is 0.0301. The van der Waals surface area contributed by atoms with E-state index in [0.29, 0.717) is 23.8 Å². The van der Waals surface area contributed by atoms with Crippen LogP contribution in [0.5, 0.6) is 11.5 Å². The Kier molecular flexibility index (Phi) is 18.9. The van der Waals surface area contributed by atoms with E-state index in [1.54, 1.807) is 0 Å². The van der Waals surface area contributed by atoms with Gasteiger partial charge >= 0.3 is 17.9 Å². The second-order valence-electron chi connectivity index (χ2n) is 16.2. The van der Waals surface area contributed by atoms with Gasteiger partial charge in [0.25, 0.3) is 11.8 Å². The number of thioether (sulfide) groups is 4. The molecule has 3 aliphatic rings. The van der Waals surface area contributed by atoms with Gasteiger partial charge in [-0.05, 0) is 37.3 Å². The van der Waals surface area contributed by atoms with Gasteiger partial charge in [0.15, 0.2) is 5.57 Å². The standard InChI is InChI=1S/C50H53N3O12S4/c1-7-9-16-31(8-2)24-63-48(60)36(21-51)49-66-40-38(61-25-34(54)27-64-46(58)29(3)4)42-43(39(41(40)67-49)62-26-35(55)28-65-47(59)30(5)6)69-50(68-42)37-44(56)52(22-32-17-12-10-13-18-32)53(45(37)57)23-33-19-14-11-15-20-33/h10-15,17-20,31,34-35,54-55H,3,5,7-9,16,22-28H2,1-2,4,6H3. The van der Waals surface area contributed by atoms with Gasteiger partial charge in [-0.2, -0.15) is 5.26 Å². The molecule has 6 rings (SSSR count). The molecule has 0 aromatic heterocycles. The molecule has 2 N–H and O–H groups in total. The van der Waals surface area contributed by atoms with Crippen molar-refractivity contribution in [2.75, 3.05) is 33.0 Å². The summed E-state index contributed by atoms with van der Waals surface area (Å²) >= 11 is 4.17. The second-order valence-corrected chi connectivity index (χ2v) is 20.8. The van der Waals surface area contributed by atoms with Gasteiger partial charge in [0.2, 0.25) is 0 Å². The summed E-state index contributed by atoms with van der Waals surface area (Å²) < 4.78 is 29.4. The maximum Gasteiger partial charge on any atom is 0.350 e. The lowest BCUT2D eigenvalue weighted by molar-refractivity contribution is -0.149. The number of nitrogens with zero attached hydrogens (tertiary/aromatic N) is 3. The van der Waals surface area contributed by atoms with E-state index in [4.69, 9.17) is 23.7 Å². The molecule has 15 nitrogen and oxygen atoms in total. The molecule has 2 amide bonds. The van der Waals surface area contributed by atoms with Gasteiger partial charge < -0.3 is 33.9 Å². The number of esters is 3. The van der Waals surface area contributed by atoms with Crippen LogP contribution in [0.15, 0.2) is 124 Å². The number of fused-ring (bicyclic) bond motifs is 2. The highest BCUT2D eigenvalue weighted by molar-refractivity contribution is 8.26. The number of carbonyl (C=O) groups excluding carboxylic acids is 5. The molecule has 1 saturated heterocycles. The van der Waals surface area contributed by atoms with Crippen molar-refractivity contribution in [2.45, 2.75) is 98.3 Å². The van der Waals surface area contributed by atoms with E-state index in [1.165, 1.54) is 23.9 Å². The number of unbranched alkanes of at least 4 members (excludes halogenated alkanes) is 1. The van der Waals surface area contributed by atoms with Gasteiger partial charge in [0, 0.05) is 11.1 Å². The fourth-order valence-corrected chi connectivity index (χ4v) is 12.3. The van der Waals surface area contributed by atoms with Crippen LogP contribution in [-0.2, 0) is 51.3 Å². The minimum atomic E-state index is -1.33. The lowest BCUT2D eigenvalue weighted by Gasteiger charge is -2.27. The Balaban J connectivity index is 1.44. The molecule has 0 spiro atoms. The van der Waals surface area contributed by atoms with Gasteiger partial charge in [-0.25, -0.2) is 24.4 Å². The van der Waals surface area contributed by atoms with Crippen LogP contribution in [0.3, 0.4) is 0 Å². The average Bonchev–Trinajstić information content (AvgIpc) is 4.03. The third kappa shape index (κ3) is 13.2. The number of amides is 2. The molecule has 3 aromatic rings. The number of nitriles is 1. The molecule has 1 fully saturated rings. The molecule has 364 valence electrons. The van der Waals surface area contributed by atoms with Crippen LogP contribution in [0.1, 0.15) is 64.5 Å². The summed E-state index contributed by atoms with van der Waals surface area (Å²) in [5.41, 5.74) is 1.48. The Morgan fingerprint density at radius 2 is 1.10 bits per heavy atom. The number of hydrazine groups is 1. The smallest absolute Gasteiger partial charge is 0.350 e. The number of carbonyl (C=O) groups is 5. The molecule has 19 heteroatoms. The Hall–Kier alpha value is -5.62. The first-order valence-corrected chi connectivity index (χ1v) is 25.4. The highest BCUT2D eigenvalue weighted by atomic mass is 32.2. The first-order chi connectivity index (χ1) is 33.1. The van der Waals surface area contributed by atoms with Crippen molar-refractivity contribution in [3.05, 3.63) is 116 Å². The number of rotatable bonds is 23. The molecule has 0 radical (unpaired) electrons. The van der Waals surface area contributed by atoms with E-state index in [0.717, 1.165) is 83.9 Å². The third-order valence-corrected chi connectivity index (χ3v) is 15.8. The lowest BCUT2D eigenvalue weighted by atomic mass is 10.0. The summed E-state index contributed by atoms with van der Waals surface area (Å²) in [4.78, 5) is 68.8. The predicted octanol–water partition coefficient (Wildman–Crippen LogP) is 8.49. The van der Waals surface area contributed by atoms with Crippen LogP contribution < -0.4 is 9.47 Å². The molecule has 3 aromatic carbocycles. The summed E-state index contributed by atoms with van der Waals surface area (Å²) in [7, 11) is 0. The topological polar surface area (TPSA) is 202 Å². The number of aliphatic hydroxyl groups excluding tert-OH is 2. The van der Waals surface area contributed by atoms with Gasteiger partial charge in [-0.3, -0.25) is 9.59 Å². The number of aliphatic hydroxyl groups is 2. The zero-order chi connectivity index (χ0) is 49.8. The molecule has 69 heavy (non-hydrogen) atoms. The molecule has 3 heterocycles. The average molecular weight is 1020 g/mol. The van der Waals surface area contributed by atoms with Crippen LogP contribution in [0.25, 0.3) is 0 Å². The molecule has 0 saturated carbocycles. The maximum atomic E-state index is 14.7.